The third kappa shape index (κ3) is 2.20. The molecular formula is C6H9N2O2P. The van der Waals surface area contributed by atoms with Crippen molar-refractivity contribution in [1.29, 1.82) is 0 Å². The van der Waals surface area contributed by atoms with Gasteiger partial charge in [-0.15, -0.1) is 0 Å². The molecule has 0 aliphatic carbocycles. The molecule has 0 aromatic carbocycles. The maximum atomic E-state index is 8.74. The van der Waals surface area contributed by atoms with Crippen LogP contribution in [0.15, 0.2) is 24.5 Å². The van der Waals surface area contributed by atoms with Gasteiger partial charge < -0.3 is 15.5 Å². The van der Waals surface area contributed by atoms with Gasteiger partial charge in [0.15, 0.2) is 8.38 Å². The van der Waals surface area contributed by atoms with Gasteiger partial charge >= 0.3 is 0 Å². The molecule has 1 aromatic rings. The quantitative estimate of drug-likeness (QED) is 0.562. The van der Waals surface area contributed by atoms with Crippen molar-refractivity contribution in [3.05, 3.63) is 30.1 Å². The summed E-state index contributed by atoms with van der Waals surface area (Å²) >= 11 is 0. The van der Waals surface area contributed by atoms with Crippen molar-refractivity contribution in [3.8, 4) is 0 Å². The van der Waals surface area contributed by atoms with Crippen LogP contribution in [-0.4, -0.2) is 14.8 Å². The minimum Gasteiger partial charge on any atom is -0.349 e. The van der Waals surface area contributed by atoms with Crippen LogP contribution in [0.3, 0.4) is 0 Å². The second-order valence-electron chi connectivity index (χ2n) is 2.05. The summed E-state index contributed by atoms with van der Waals surface area (Å²) in [4.78, 5) is 21.3. The normalized spacial score (nSPS) is 13.5. The Morgan fingerprint density at radius 1 is 1.55 bits per heavy atom. The average molecular weight is 172 g/mol. The summed E-state index contributed by atoms with van der Waals surface area (Å²) in [6.07, 6.45) is 3.12. The van der Waals surface area contributed by atoms with E-state index in [1.165, 1.54) is 6.20 Å². The summed E-state index contributed by atoms with van der Waals surface area (Å²) in [7, 11) is -2.10. The van der Waals surface area contributed by atoms with E-state index in [4.69, 9.17) is 15.5 Å². The van der Waals surface area contributed by atoms with Crippen LogP contribution >= 0.6 is 8.38 Å². The molecule has 0 radical (unpaired) electrons. The monoisotopic (exact) mass is 172 g/mol. The molecule has 11 heavy (non-hydrogen) atoms. The van der Waals surface area contributed by atoms with E-state index in [9.17, 15) is 0 Å². The standard InChI is InChI=1S/C6H9N2O2P/c7-6(11(9)10)5-2-1-3-8-4-5/h1-4,6,9-10H,7H2. The van der Waals surface area contributed by atoms with Gasteiger partial charge in [-0.25, -0.2) is 0 Å². The number of hydrogen-bond acceptors (Lipinski definition) is 4. The molecule has 0 amide bonds. The van der Waals surface area contributed by atoms with E-state index < -0.39 is 14.2 Å². The lowest BCUT2D eigenvalue weighted by Gasteiger charge is -2.11. The Morgan fingerprint density at radius 2 is 2.27 bits per heavy atom. The highest BCUT2D eigenvalue weighted by atomic mass is 31.2. The minimum absolute atomic E-state index is 0.642. The highest BCUT2D eigenvalue weighted by Gasteiger charge is 2.13. The van der Waals surface area contributed by atoms with Gasteiger partial charge in [0.25, 0.3) is 0 Å². The Bertz CT molecular complexity index is 217. The molecule has 60 valence electrons. The van der Waals surface area contributed by atoms with Crippen molar-refractivity contribution in [2.24, 2.45) is 5.73 Å². The first kappa shape index (κ1) is 8.56. The molecule has 4 nitrogen and oxygen atoms in total. The fourth-order valence-corrected chi connectivity index (χ4v) is 1.10. The van der Waals surface area contributed by atoms with Crippen LogP contribution in [0, 0.1) is 0 Å². The van der Waals surface area contributed by atoms with E-state index in [2.05, 4.69) is 4.98 Å². The predicted octanol–water partition coefficient (Wildman–Crippen LogP) is 0.335. The van der Waals surface area contributed by atoms with Crippen molar-refractivity contribution in [2.75, 3.05) is 0 Å². The molecule has 5 heteroatoms. The molecule has 0 saturated carbocycles. The maximum Gasteiger partial charge on any atom is 0.188 e. The van der Waals surface area contributed by atoms with Gasteiger partial charge in [-0.1, -0.05) is 6.07 Å². The van der Waals surface area contributed by atoms with Crippen molar-refractivity contribution >= 4 is 8.38 Å². The third-order valence-corrected chi connectivity index (χ3v) is 2.07. The molecule has 0 aliphatic rings. The largest absolute Gasteiger partial charge is 0.349 e. The van der Waals surface area contributed by atoms with Crippen LogP contribution in [0.25, 0.3) is 0 Å². The zero-order chi connectivity index (χ0) is 8.27. The number of hydrogen-bond donors (Lipinski definition) is 3. The van der Waals surface area contributed by atoms with Gasteiger partial charge in [0.2, 0.25) is 0 Å². The number of aromatic nitrogens is 1. The number of nitrogens with two attached hydrogens (primary N) is 1. The van der Waals surface area contributed by atoms with Gasteiger partial charge in [0.1, 0.15) is 5.78 Å². The summed E-state index contributed by atoms with van der Waals surface area (Å²) in [5.74, 6) is -0.710. The topological polar surface area (TPSA) is 79.4 Å². The van der Waals surface area contributed by atoms with E-state index in [0.717, 1.165) is 0 Å². The van der Waals surface area contributed by atoms with Crippen molar-refractivity contribution in [1.82, 2.24) is 4.98 Å². The fraction of sp³-hybridized carbons (Fsp3) is 0.167. The van der Waals surface area contributed by atoms with E-state index in [1.807, 2.05) is 0 Å². The maximum absolute atomic E-state index is 8.74. The summed E-state index contributed by atoms with van der Waals surface area (Å²) in [5, 5.41) is 0. The van der Waals surface area contributed by atoms with Crippen molar-refractivity contribution in [3.63, 3.8) is 0 Å². The first-order valence-electron chi connectivity index (χ1n) is 3.04. The number of rotatable bonds is 2. The van der Waals surface area contributed by atoms with Crippen LogP contribution in [0.2, 0.25) is 0 Å². The lowest BCUT2D eigenvalue weighted by Crippen LogP contribution is -2.07. The lowest BCUT2D eigenvalue weighted by molar-refractivity contribution is 0.467. The summed E-state index contributed by atoms with van der Waals surface area (Å²) in [6, 6.07) is 3.41. The molecule has 0 fully saturated rings. The van der Waals surface area contributed by atoms with E-state index >= 15 is 0 Å². The molecule has 1 unspecified atom stereocenters. The van der Waals surface area contributed by atoms with E-state index in [-0.39, 0.29) is 0 Å². The van der Waals surface area contributed by atoms with Crippen LogP contribution in [0.5, 0.6) is 0 Å². The predicted molar refractivity (Wildman–Crippen MR) is 42.5 cm³/mol. The van der Waals surface area contributed by atoms with Crippen LogP contribution in [0.1, 0.15) is 11.3 Å². The summed E-state index contributed by atoms with van der Waals surface area (Å²) < 4.78 is 0. The number of nitrogens with zero attached hydrogens (tertiary/aromatic N) is 1. The zero-order valence-corrected chi connectivity index (χ0v) is 6.65. The highest BCUT2D eigenvalue weighted by molar-refractivity contribution is 7.45. The minimum atomic E-state index is -2.10. The lowest BCUT2D eigenvalue weighted by atomic mass is 10.3. The van der Waals surface area contributed by atoms with Crippen molar-refractivity contribution < 1.29 is 9.79 Å². The fourth-order valence-electron chi connectivity index (χ4n) is 0.684. The van der Waals surface area contributed by atoms with Crippen LogP contribution < -0.4 is 5.73 Å². The summed E-state index contributed by atoms with van der Waals surface area (Å²) in [5.41, 5.74) is 6.07. The van der Waals surface area contributed by atoms with Crippen LogP contribution in [0.4, 0.5) is 0 Å². The second kappa shape index (κ2) is 3.74. The summed E-state index contributed by atoms with van der Waals surface area (Å²) in [6.45, 7) is 0. The molecule has 0 aliphatic heterocycles. The Hall–Kier alpha value is -0.540. The molecular weight excluding hydrogens is 163 g/mol. The molecule has 0 saturated heterocycles. The highest BCUT2D eigenvalue weighted by Crippen LogP contribution is 2.38. The molecule has 1 heterocycles. The first-order chi connectivity index (χ1) is 5.22. The van der Waals surface area contributed by atoms with Gasteiger partial charge in [0.05, 0.1) is 0 Å². The Labute approximate surface area is 65.6 Å². The Kier molecular flexibility index (Phi) is 2.91. The van der Waals surface area contributed by atoms with E-state index in [1.54, 1.807) is 18.3 Å². The molecule has 4 N–H and O–H groups in total. The smallest absolute Gasteiger partial charge is 0.188 e. The Balaban J connectivity index is 2.77. The van der Waals surface area contributed by atoms with Crippen molar-refractivity contribution in [2.45, 2.75) is 5.78 Å². The SMILES string of the molecule is NC(c1cccnc1)P(O)O. The molecule has 0 bridgehead atoms. The average Bonchev–Trinajstić information content (AvgIpc) is 2.05. The van der Waals surface area contributed by atoms with Gasteiger partial charge in [-0.2, -0.15) is 0 Å². The third-order valence-electron chi connectivity index (χ3n) is 1.27. The van der Waals surface area contributed by atoms with E-state index in [0.29, 0.717) is 5.56 Å². The molecule has 1 atom stereocenters. The zero-order valence-electron chi connectivity index (χ0n) is 5.75. The first-order valence-corrected chi connectivity index (χ1v) is 4.36. The van der Waals surface area contributed by atoms with Crippen LogP contribution in [-0.2, 0) is 0 Å². The number of pyridine rings is 1. The Morgan fingerprint density at radius 3 is 2.73 bits per heavy atom. The second-order valence-corrected chi connectivity index (χ2v) is 3.25. The van der Waals surface area contributed by atoms with Gasteiger partial charge in [0, 0.05) is 12.4 Å². The van der Waals surface area contributed by atoms with Gasteiger partial charge in [-0.05, 0) is 11.6 Å². The van der Waals surface area contributed by atoms with Gasteiger partial charge in [-0.3, -0.25) is 4.98 Å². The molecule has 1 rings (SSSR count). The molecule has 0 spiro atoms. The molecule has 1 aromatic heterocycles.